The van der Waals surface area contributed by atoms with Gasteiger partial charge in [0.25, 0.3) is 0 Å². The first-order chi connectivity index (χ1) is 12.1. The van der Waals surface area contributed by atoms with Crippen molar-refractivity contribution in [2.45, 2.75) is 13.0 Å². The maximum atomic E-state index is 5.42. The van der Waals surface area contributed by atoms with Crippen LogP contribution >= 0.6 is 12.2 Å². The number of fused-ring (bicyclic) bond motifs is 1. The van der Waals surface area contributed by atoms with E-state index in [0.29, 0.717) is 10.9 Å². The Morgan fingerprint density at radius 3 is 2.64 bits per heavy atom. The zero-order chi connectivity index (χ0) is 17.8. The Bertz CT molecular complexity index is 782. The molecule has 2 aromatic rings. The quantitative estimate of drug-likeness (QED) is 0.792. The fraction of sp³-hybridized carbons (Fsp3) is 0.278. The number of rotatable bonds is 5. The summed E-state index contributed by atoms with van der Waals surface area (Å²) in [7, 11) is 3.22. The van der Waals surface area contributed by atoms with Crippen LogP contribution in [0.3, 0.4) is 0 Å². The third-order valence-electron chi connectivity index (χ3n) is 3.90. The van der Waals surface area contributed by atoms with Gasteiger partial charge in [0, 0.05) is 6.07 Å². The Labute approximate surface area is 152 Å². The van der Waals surface area contributed by atoms with Crippen LogP contribution in [0.1, 0.15) is 18.5 Å². The summed E-state index contributed by atoms with van der Waals surface area (Å²) in [5.41, 5.74) is 1.78. The minimum atomic E-state index is -0.00824. The van der Waals surface area contributed by atoms with Crippen molar-refractivity contribution < 1.29 is 18.9 Å². The highest BCUT2D eigenvalue weighted by Gasteiger charge is 2.16. The number of thiocarbonyl (C=S) groups is 1. The van der Waals surface area contributed by atoms with Crippen molar-refractivity contribution in [2.75, 3.05) is 26.3 Å². The molecule has 1 heterocycles. The van der Waals surface area contributed by atoms with Gasteiger partial charge in [-0.3, -0.25) is 0 Å². The minimum absolute atomic E-state index is 0.00824. The predicted molar refractivity (Wildman–Crippen MR) is 99.9 cm³/mol. The molecule has 0 bridgehead atoms. The van der Waals surface area contributed by atoms with Crippen LogP contribution in [-0.4, -0.2) is 26.1 Å². The highest BCUT2D eigenvalue weighted by Crippen LogP contribution is 2.34. The molecule has 1 aliphatic heterocycles. The smallest absolute Gasteiger partial charge is 0.231 e. The minimum Gasteiger partial charge on any atom is -0.497 e. The number of nitrogens with one attached hydrogen (secondary N) is 2. The largest absolute Gasteiger partial charge is 0.497 e. The molecule has 0 amide bonds. The van der Waals surface area contributed by atoms with E-state index in [4.69, 9.17) is 31.2 Å². The summed E-state index contributed by atoms with van der Waals surface area (Å²) in [5.74, 6) is 2.91. The van der Waals surface area contributed by atoms with E-state index in [1.807, 2.05) is 43.3 Å². The second-order valence-corrected chi connectivity index (χ2v) is 5.91. The highest BCUT2D eigenvalue weighted by atomic mass is 32.1. The Hall–Kier alpha value is -2.67. The lowest BCUT2D eigenvalue weighted by atomic mass is 10.1. The van der Waals surface area contributed by atoms with Gasteiger partial charge in [-0.25, -0.2) is 0 Å². The van der Waals surface area contributed by atoms with Crippen LogP contribution in [0.15, 0.2) is 36.4 Å². The zero-order valence-electron chi connectivity index (χ0n) is 14.3. The molecule has 0 spiro atoms. The Balaban J connectivity index is 1.68. The average molecular weight is 360 g/mol. The van der Waals surface area contributed by atoms with Crippen LogP contribution in [0.4, 0.5) is 5.69 Å². The third-order valence-corrected chi connectivity index (χ3v) is 4.12. The molecule has 0 fully saturated rings. The summed E-state index contributed by atoms with van der Waals surface area (Å²) in [6.07, 6.45) is 0. The fourth-order valence-corrected chi connectivity index (χ4v) is 2.82. The van der Waals surface area contributed by atoms with Crippen molar-refractivity contribution in [3.05, 3.63) is 42.0 Å². The SMILES string of the molecule is COc1ccc(OC)c(NC(=S)N[C@H](C)c2ccc3c(c2)OCO3)c1. The molecular formula is C18H20N2O4S. The zero-order valence-corrected chi connectivity index (χ0v) is 15.1. The summed E-state index contributed by atoms with van der Waals surface area (Å²) in [6.45, 7) is 2.28. The van der Waals surface area contributed by atoms with E-state index in [1.165, 1.54) is 0 Å². The molecule has 0 aliphatic carbocycles. The number of anilines is 1. The van der Waals surface area contributed by atoms with Gasteiger partial charge in [-0.15, -0.1) is 0 Å². The van der Waals surface area contributed by atoms with Crippen LogP contribution in [-0.2, 0) is 0 Å². The molecule has 0 saturated heterocycles. The molecule has 1 aliphatic rings. The van der Waals surface area contributed by atoms with Crippen LogP contribution in [0.25, 0.3) is 0 Å². The van der Waals surface area contributed by atoms with Crippen molar-refractivity contribution in [3.8, 4) is 23.0 Å². The lowest BCUT2D eigenvalue weighted by Gasteiger charge is -2.19. The first-order valence-electron chi connectivity index (χ1n) is 7.80. The van der Waals surface area contributed by atoms with Gasteiger partial charge >= 0.3 is 0 Å². The second kappa shape index (κ2) is 7.48. The predicted octanol–water partition coefficient (Wildman–Crippen LogP) is 3.48. The Morgan fingerprint density at radius 2 is 1.88 bits per heavy atom. The second-order valence-electron chi connectivity index (χ2n) is 5.50. The summed E-state index contributed by atoms with van der Waals surface area (Å²) in [6, 6.07) is 11.3. The molecule has 132 valence electrons. The topological polar surface area (TPSA) is 61.0 Å². The number of hydrogen-bond acceptors (Lipinski definition) is 5. The van der Waals surface area contributed by atoms with Crippen molar-refractivity contribution in [3.63, 3.8) is 0 Å². The van der Waals surface area contributed by atoms with Gasteiger partial charge < -0.3 is 29.6 Å². The summed E-state index contributed by atoms with van der Waals surface area (Å²) >= 11 is 5.42. The van der Waals surface area contributed by atoms with E-state index in [1.54, 1.807) is 14.2 Å². The summed E-state index contributed by atoms with van der Waals surface area (Å²) < 4.78 is 21.3. The van der Waals surface area contributed by atoms with Gasteiger partial charge in [0.05, 0.1) is 25.9 Å². The van der Waals surface area contributed by atoms with Crippen molar-refractivity contribution in [1.29, 1.82) is 0 Å². The monoisotopic (exact) mass is 360 g/mol. The first kappa shape index (κ1) is 17.2. The molecule has 1 atom stereocenters. The van der Waals surface area contributed by atoms with Crippen LogP contribution in [0, 0.1) is 0 Å². The van der Waals surface area contributed by atoms with E-state index in [-0.39, 0.29) is 12.8 Å². The number of methoxy groups -OCH3 is 2. The molecule has 0 unspecified atom stereocenters. The van der Waals surface area contributed by atoms with Gasteiger partial charge in [0.2, 0.25) is 6.79 Å². The maximum absolute atomic E-state index is 5.42. The molecule has 7 heteroatoms. The number of hydrogen-bond donors (Lipinski definition) is 2. The average Bonchev–Trinajstić information content (AvgIpc) is 3.09. The Kier molecular flexibility index (Phi) is 5.14. The number of ether oxygens (including phenoxy) is 4. The highest BCUT2D eigenvalue weighted by molar-refractivity contribution is 7.80. The summed E-state index contributed by atoms with van der Waals surface area (Å²) in [4.78, 5) is 0. The van der Waals surface area contributed by atoms with E-state index in [0.717, 1.165) is 28.5 Å². The molecule has 25 heavy (non-hydrogen) atoms. The van der Waals surface area contributed by atoms with Gasteiger partial charge in [0.1, 0.15) is 11.5 Å². The lowest BCUT2D eigenvalue weighted by Crippen LogP contribution is -2.31. The van der Waals surface area contributed by atoms with E-state index in [9.17, 15) is 0 Å². The molecule has 3 rings (SSSR count). The van der Waals surface area contributed by atoms with E-state index in [2.05, 4.69) is 10.6 Å². The summed E-state index contributed by atoms with van der Waals surface area (Å²) in [5, 5.41) is 6.88. The van der Waals surface area contributed by atoms with Crippen molar-refractivity contribution in [2.24, 2.45) is 0 Å². The van der Waals surface area contributed by atoms with Crippen LogP contribution < -0.4 is 29.6 Å². The lowest BCUT2D eigenvalue weighted by molar-refractivity contribution is 0.174. The van der Waals surface area contributed by atoms with Gasteiger partial charge in [-0.05, 0) is 49.0 Å². The molecular weight excluding hydrogens is 340 g/mol. The molecule has 0 saturated carbocycles. The first-order valence-corrected chi connectivity index (χ1v) is 8.20. The maximum Gasteiger partial charge on any atom is 0.231 e. The molecule has 0 aromatic heterocycles. The molecule has 2 N–H and O–H groups in total. The van der Waals surface area contributed by atoms with E-state index >= 15 is 0 Å². The third kappa shape index (κ3) is 3.88. The Morgan fingerprint density at radius 1 is 1.08 bits per heavy atom. The van der Waals surface area contributed by atoms with Gasteiger partial charge in [-0.1, -0.05) is 6.07 Å². The van der Waals surface area contributed by atoms with E-state index < -0.39 is 0 Å². The molecule has 0 radical (unpaired) electrons. The van der Waals surface area contributed by atoms with Crippen LogP contribution in [0.2, 0.25) is 0 Å². The van der Waals surface area contributed by atoms with Crippen molar-refractivity contribution >= 4 is 23.0 Å². The molecule has 2 aromatic carbocycles. The number of benzene rings is 2. The van der Waals surface area contributed by atoms with Gasteiger partial charge in [-0.2, -0.15) is 0 Å². The van der Waals surface area contributed by atoms with Crippen LogP contribution in [0.5, 0.6) is 23.0 Å². The fourth-order valence-electron chi connectivity index (χ4n) is 2.53. The molecule has 6 nitrogen and oxygen atoms in total. The normalized spacial score (nSPS) is 13.1. The van der Waals surface area contributed by atoms with Gasteiger partial charge in [0.15, 0.2) is 16.6 Å². The standard InChI is InChI=1S/C18H20N2O4S/c1-11(12-4-6-16-17(8-12)24-10-23-16)19-18(25)20-14-9-13(21-2)5-7-15(14)22-3/h4-9,11H,10H2,1-3H3,(H2,19,20,25)/t11-/m1/s1. The van der Waals surface area contributed by atoms with Crippen molar-refractivity contribution in [1.82, 2.24) is 5.32 Å².